The van der Waals surface area contributed by atoms with E-state index < -0.39 is 0 Å². The number of anilines is 2. The van der Waals surface area contributed by atoms with Crippen molar-refractivity contribution in [2.45, 2.75) is 39.7 Å². The van der Waals surface area contributed by atoms with Gasteiger partial charge in [0, 0.05) is 13.0 Å². The lowest BCUT2D eigenvalue weighted by atomic mass is 9.94. The third-order valence-electron chi connectivity index (χ3n) is 5.95. The van der Waals surface area contributed by atoms with Crippen LogP contribution < -0.4 is 15.4 Å². The third kappa shape index (κ3) is 4.64. The molecule has 1 atom stereocenters. The molecule has 1 aliphatic heterocycles. The fourth-order valence-corrected chi connectivity index (χ4v) is 3.88. The average molecular weight is 414 g/mol. The highest BCUT2D eigenvalue weighted by Gasteiger charge is 2.30. The summed E-state index contributed by atoms with van der Waals surface area (Å²) < 4.78 is 7.07. The second-order valence-corrected chi connectivity index (χ2v) is 7.83. The first-order valence-corrected chi connectivity index (χ1v) is 10.3. The van der Waals surface area contributed by atoms with Gasteiger partial charge in [-0.05, 0) is 58.8 Å². The molecule has 8 nitrogen and oxygen atoms in total. The van der Waals surface area contributed by atoms with Crippen molar-refractivity contribution in [1.29, 1.82) is 0 Å². The lowest BCUT2D eigenvalue weighted by molar-refractivity contribution is -0.123. The van der Waals surface area contributed by atoms with Crippen molar-refractivity contribution in [3.63, 3.8) is 0 Å². The van der Waals surface area contributed by atoms with Gasteiger partial charge in [-0.25, -0.2) is 0 Å². The number of methoxy groups -OCH3 is 1. The molecule has 0 spiro atoms. The summed E-state index contributed by atoms with van der Waals surface area (Å²) in [6.07, 6.45) is 1.42. The van der Waals surface area contributed by atoms with Gasteiger partial charge in [0.1, 0.15) is 5.75 Å². The fourth-order valence-electron chi connectivity index (χ4n) is 3.88. The van der Waals surface area contributed by atoms with Crippen LogP contribution in [0.4, 0.5) is 11.4 Å². The summed E-state index contributed by atoms with van der Waals surface area (Å²) in [6.45, 7) is 7.13. The van der Waals surface area contributed by atoms with Gasteiger partial charge >= 0.3 is 0 Å². The smallest absolute Gasteiger partial charge is 0.241 e. The molecule has 2 N–H and O–H groups in total. The van der Waals surface area contributed by atoms with E-state index in [1.807, 2.05) is 52.1 Å². The first kappa shape index (κ1) is 21.8. The summed E-state index contributed by atoms with van der Waals surface area (Å²) in [5.41, 5.74) is 3.20. The average Bonchev–Trinajstić information content (AvgIpc) is 2.99. The number of ether oxygens (including phenoxy) is 1. The van der Waals surface area contributed by atoms with Crippen LogP contribution in [0.2, 0.25) is 0 Å². The van der Waals surface area contributed by atoms with E-state index in [4.69, 9.17) is 4.74 Å². The second-order valence-electron chi connectivity index (χ2n) is 7.83. The molecule has 2 aromatic rings. The molecule has 1 aromatic heterocycles. The van der Waals surface area contributed by atoms with Crippen molar-refractivity contribution in [3.05, 3.63) is 35.7 Å². The van der Waals surface area contributed by atoms with E-state index in [2.05, 4.69) is 20.6 Å². The van der Waals surface area contributed by atoms with Crippen LogP contribution in [0.5, 0.6) is 5.75 Å². The predicted octanol–water partition coefficient (Wildman–Crippen LogP) is 2.72. The lowest BCUT2D eigenvalue weighted by Crippen LogP contribution is -2.47. The number of carbonyl (C=O) groups is 2. The first-order chi connectivity index (χ1) is 14.3. The monoisotopic (exact) mass is 413 g/mol. The number of piperidine rings is 1. The van der Waals surface area contributed by atoms with Gasteiger partial charge in [0.15, 0.2) is 0 Å². The summed E-state index contributed by atoms with van der Waals surface area (Å²) in [6, 6.07) is 7.12. The molecule has 8 heteroatoms. The first-order valence-electron chi connectivity index (χ1n) is 10.3. The van der Waals surface area contributed by atoms with Crippen molar-refractivity contribution < 1.29 is 14.3 Å². The number of aryl methyl sites for hydroxylation is 2. The van der Waals surface area contributed by atoms with Crippen LogP contribution >= 0.6 is 0 Å². The predicted molar refractivity (Wildman–Crippen MR) is 117 cm³/mol. The highest BCUT2D eigenvalue weighted by Crippen LogP contribution is 2.26. The number of rotatable bonds is 6. The number of nitrogens with one attached hydrogen (secondary N) is 2. The van der Waals surface area contributed by atoms with Gasteiger partial charge in [-0.3, -0.25) is 19.2 Å². The van der Waals surface area contributed by atoms with Gasteiger partial charge in [0.25, 0.3) is 0 Å². The van der Waals surface area contributed by atoms with Gasteiger partial charge in [0.2, 0.25) is 11.8 Å². The Morgan fingerprint density at radius 1 is 1.17 bits per heavy atom. The number of hydrogen-bond acceptors (Lipinski definition) is 5. The van der Waals surface area contributed by atoms with Gasteiger partial charge in [-0.1, -0.05) is 12.1 Å². The Kier molecular flexibility index (Phi) is 6.77. The van der Waals surface area contributed by atoms with Crippen LogP contribution in [0.3, 0.4) is 0 Å². The van der Waals surface area contributed by atoms with Crippen LogP contribution in [-0.2, 0) is 16.6 Å². The number of benzene rings is 1. The summed E-state index contributed by atoms with van der Waals surface area (Å²) in [5.74, 6) is 0.516. The highest BCUT2D eigenvalue weighted by atomic mass is 16.5. The Labute approximate surface area is 177 Å². The van der Waals surface area contributed by atoms with Gasteiger partial charge < -0.3 is 15.4 Å². The standard InChI is InChI=1S/C22H31N5O3/c1-14-20(15(2)26(4)25-14)24-21(28)16(3)27-12-10-17(11-13-27)22(29)23-18-8-6-7-9-19(18)30-5/h6-9,16-17H,10-13H2,1-5H3,(H,23,29)(H,24,28)/t16-/m1/s1. The van der Waals surface area contributed by atoms with Crippen LogP contribution in [0.15, 0.2) is 24.3 Å². The number of carbonyl (C=O) groups excluding carboxylic acids is 2. The Balaban J connectivity index is 1.54. The molecule has 0 unspecified atom stereocenters. The molecule has 0 bridgehead atoms. The van der Waals surface area contributed by atoms with E-state index in [1.54, 1.807) is 11.8 Å². The van der Waals surface area contributed by atoms with E-state index in [1.165, 1.54) is 0 Å². The Morgan fingerprint density at radius 3 is 2.43 bits per heavy atom. The zero-order chi connectivity index (χ0) is 21.8. The minimum atomic E-state index is -0.276. The Hall–Kier alpha value is -2.87. The van der Waals surface area contributed by atoms with E-state index in [9.17, 15) is 9.59 Å². The molecular formula is C22H31N5O3. The molecule has 1 aromatic carbocycles. The van der Waals surface area contributed by atoms with Crippen LogP contribution in [0.25, 0.3) is 0 Å². The fraction of sp³-hybridized carbons (Fsp3) is 0.500. The van der Waals surface area contributed by atoms with Crippen LogP contribution in [0, 0.1) is 19.8 Å². The number of nitrogens with zero attached hydrogens (tertiary/aromatic N) is 3. The molecule has 1 saturated heterocycles. The molecule has 0 saturated carbocycles. The maximum atomic E-state index is 12.8. The number of amides is 2. The third-order valence-corrected chi connectivity index (χ3v) is 5.95. The molecule has 2 heterocycles. The summed E-state index contributed by atoms with van der Waals surface area (Å²) >= 11 is 0. The lowest BCUT2D eigenvalue weighted by Gasteiger charge is -2.34. The van der Waals surface area contributed by atoms with E-state index in [0.717, 1.165) is 17.1 Å². The van der Waals surface area contributed by atoms with Crippen molar-refractivity contribution in [1.82, 2.24) is 14.7 Å². The number of hydrogen-bond donors (Lipinski definition) is 2. The molecular weight excluding hydrogens is 382 g/mol. The van der Waals surface area contributed by atoms with E-state index in [-0.39, 0.29) is 23.8 Å². The molecule has 0 radical (unpaired) electrons. The van der Waals surface area contributed by atoms with Gasteiger partial charge in [-0.2, -0.15) is 5.10 Å². The van der Waals surface area contributed by atoms with E-state index >= 15 is 0 Å². The maximum Gasteiger partial charge on any atom is 0.241 e. The van der Waals surface area contributed by atoms with Gasteiger partial charge in [0.05, 0.1) is 35.9 Å². The topological polar surface area (TPSA) is 88.5 Å². The van der Waals surface area contributed by atoms with Crippen molar-refractivity contribution in [2.75, 3.05) is 30.8 Å². The van der Waals surface area contributed by atoms with Crippen LogP contribution in [-0.4, -0.2) is 52.7 Å². The van der Waals surface area contributed by atoms with Crippen molar-refractivity contribution in [3.8, 4) is 5.75 Å². The van der Waals surface area contributed by atoms with Crippen molar-refractivity contribution in [2.24, 2.45) is 13.0 Å². The SMILES string of the molecule is COc1ccccc1NC(=O)C1CCN([C@H](C)C(=O)Nc2c(C)nn(C)c2C)CC1. The molecule has 2 amide bonds. The molecule has 0 aliphatic carbocycles. The van der Waals surface area contributed by atoms with E-state index in [0.29, 0.717) is 37.4 Å². The molecule has 1 fully saturated rings. The highest BCUT2D eigenvalue weighted by molar-refractivity contribution is 5.96. The summed E-state index contributed by atoms with van der Waals surface area (Å²) in [7, 11) is 3.45. The number of likely N-dealkylation sites (tertiary alicyclic amines) is 1. The molecule has 162 valence electrons. The summed E-state index contributed by atoms with van der Waals surface area (Å²) in [4.78, 5) is 27.6. The molecule has 1 aliphatic rings. The maximum absolute atomic E-state index is 12.8. The number of aromatic nitrogens is 2. The van der Waals surface area contributed by atoms with Crippen molar-refractivity contribution >= 4 is 23.2 Å². The molecule has 30 heavy (non-hydrogen) atoms. The zero-order valence-electron chi connectivity index (χ0n) is 18.4. The summed E-state index contributed by atoms with van der Waals surface area (Å²) in [5, 5.41) is 10.3. The second kappa shape index (κ2) is 9.30. The Bertz CT molecular complexity index is 915. The van der Waals surface area contributed by atoms with Gasteiger partial charge in [-0.15, -0.1) is 0 Å². The molecule has 3 rings (SSSR count). The van der Waals surface area contributed by atoms with Crippen LogP contribution in [0.1, 0.15) is 31.2 Å². The zero-order valence-corrected chi connectivity index (χ0v) is 18.4. The number of para-hydroxylation sites is 2. The normalized spacial score (nSPS) is 16.2. The quantitative estimate of drug-likeness (QED) is 0.760. The largest absolute Gasteiger partial charge is 0.495 e. The Morgan fingerprint density at radius 2 is 1.83 bits per heavy atom. The minimum absolute atomic E-state index is 0.00198. The minimum Gasteiger partial charge on any atom is -0.495 e.